The Bertz CT molecular complexity index is 595. The van der Waals surface area contributed by atoms with Gasteiger partial charge in [-0.2, -0.15) is 5.10 Å². The minimum Gasteiger partial charge on any atom is -0.382 e. The number of aromatic nitrogens is 3. The number of hydrogen-bond donors (Lipinski definition) is 2. The molecular formula is C16H22N4O. The lowest BCUT2D eigenvalue weighted by molar-refractivity contribution is 0.00926. The molecule has 0 spiro atoms. The molecule has 112 valence electrons. The maximum Gasteiger partial charge on any atom is 0.181 e. The third-order valence-electron chi connectivity index (χ3n) is 3.91. The molecule has 2 N–H and O–H groups in total. The van der Waals surface area contributed by atoms with Gasteiger partial charge in [0.15, 0.2) is 5.82 Å². The van der Waals surface area contributed by atoms with Gasteiger partial charge in [-0.15, -0.1) is 0 Å². The van der Waals surface area contributed by atoms with Crippen LogP contribution in [0.2, 0.25) is 0 Å². The van der Waals surface area contributed by atoms with Crippen LogP contribution in [0.1, 0.15) is 32.0 Å². The third-order valence-corrected chi connectivity index (χ3v) is 3.91. The first kappa shape index (κ1) is 14.1. The highest BCUT2D eigenvalue weighted by atomic mass is 16.5. The Morgan fingerprint density at radius 3 is 3.10 bits per heavy atom. The normalized spacial score (nSPS) is 22.2. The zero-order valence-electron chi connectivity index (χ0n) is 12.6. The van der Waals surface area contributed by atoms with Crippen LogP contribution in [0.25, 0.3) is 11.4 Å². The summed E-state index contributed by atoms with van der Waals surface area (Å²) < 4.78 is 5.73. The first-order valence-corrected chi connectivity index (χ1v) is 7.62. The number of ether oxygens (including phenoxy) is 1. The third kappa shape index (κ3) is 3.42. The molecule has 1 aliphatic rings. The van der Waals surface area contributed by atoms with Gasteiger partial charge in [-0.25, -0.2) is 4.98 Å². The van der Waals surface area contributed by atoms with E-state index in [4.69, 9.17) is 4.74 Å². The number of benzene rings is 1. The van der Waals surface area contributed by atoms with Gasteiger partial charge in [0.05, 0.1) is 6.10 Å². The highest BCUT2D eigenvalue weighted by molar-refractivity contribution is 5.62. The van der Waals surface area contributed by atoms with E-state index >= 15 is 0 Å². The van der Waals surface area contributed by atoms with Crippen LogP contribution in [0.3, 0.4) is 0 Å². The van der Waals surface area contributed by atoms with Crippen LogP contribution in [0.5, 0.6) is 0 Å². The molecule has 0 saturated carbocycles. The molecule has 1 aromatic heterocycles. The Balaban J connectivity index is 1.71. The molecule has 2 aromatic rings. The topological polar surface area (TPSA) is 62.8 Å². The molecule has 2 atom stereocenters. The summed E-state index contributed by atoms with van der Waals surface area (Å²) in [4.78, 5) is 4.38. The predicted molar refractivity (Wildman–Crippen MR) is 83.2 cm³/mol. The number of rotatable bonds is 4. The van der Waals surface area contributed by atoms with Crippen molar-refractivity contribution in [2.24, 2.45) is 0 Å². The van der Waals surface area contributed by atoms with Crippen molar-refractivity contribution in [1.29, 1.82) is 0 Å². The van der Waals surface area contributed by atoms with Crippen molar-refractivity contribution in [2.45, 2.75) is 45.3 Å². The summed E-state index contributed by atoms with van der Waals surface area (Å²) in [6.07, 6.45) is 3.59. The van der Waals surface area contributed by atoms with E-state index in [1.807, 2.05) is 19.1 Å². The average molecular weight is 286 g/mol. The lowest BCUT2D eigenvalue weighted by Gasteiger charge is -2.30. The summed E-state index contributed by atoms with van der Waals surface area (Å²) in [5.74, 6) is 1.58. The lowest BCUT2D eigenvalue weighted by atomic mass is 10.0. The van der Waals surface area contributed by atoms with E-state index < -0.39 is 0 Å². The van der Waals surface area contributed by atoms with Gasteiger partial charge in [-0.05, 0) is 38.3 Å². The largest absolute Gasteiger partial charge is 0.382 e. The first-order chi connectivity index (χ1) is 10.2. The van der Waals surface area contributed by atoms with E-state index in [1.54, 1.807) is 0 Å². The minimum absolute atomic E-state index is 0.384. The van der Waals surface area contributed by atoms with Crippen LogP contribution >= 0.6 is 0 Å². The maximum atomic E-state index is 5.73. The van der Waals surface area contributed by atoms with E-state index in [0.29, 0.717) is 12.1 Å². The van der Waals surface area contributed by atoms with Crippen molar-refractivity contribution in [1.82, 2.24) is 15.2 Å². The van der Waals surface area contributed by atoms with Crippen LogP contribution in [0.4, 0.5) is 5.69 Å². The molecule has 3 rings (SSSR count). The molecule has 2 heterocycles. The predicted octanol–water partition coefficient (Wildman–Crippen LogP) is 3.15. The van der Waals surface area contributed by atoms with Gasteiger partial charge in [-0.3, -0.25) is 5.10 Å². The van der Waals surface area contributed by atoms with Gasteiger partial charge in [0, 0.05) is 23.9 Å². The Kier molecular flexibility index (Phi) is 4.20. The molecule has 1 aromatic carbocycles. The van der Waals surface area contributed by atoms with Gasteiger partial charge in [-0.1, -0.05) is 19.1 Å². The molecule has 0 bridgehead atoms. The molecule has 1 saturated heterocycles. The zero-order chi connectivity index (χ0) is 14.7. The van der Waals surface area contributed by atoms with E-state index in [2.05, 4.69) is 39.6 Å². The maximum absolute atomic E-state index is 5.73. The lowest BCUT2D eigenvalue weighted by Crippen LogP contribution is -2.33. The molecule has 21 heavy (non-hydrogen) atoms. The van der Waals surface area contributed by atoms with Crippen molar-refractivity contribution < 1.29 is 4.74 Å². The van der Waals surface area contributed by atoms with Crippen molar-refractivity contribution >= 4 is 5.69 Å². The Morgan fingerprint density at radius 2 is 2.33 bits per heavy atom. The zero-order valence-corrected chi connectivity index (χ0v) is 12.6. The standard InChI is InChI=1S/C16H22N4O/c1-3-15-10-14(7-8-21-15)18-13-6-4-5-12(9-13)16-17-11(2)19-20-16/h4-6,9,14-15,18H,3,7-8,10H2,1-2H3,(H,17,19,20). The second-order valence-electron chi connectivity index (χ2n) is 5.59. The SMILES string of the molecule is CCC1CC(Nc2cccc(-c3n[nH]c(C)n3)c2)CCO1. The summed E-state index contributed by atoms with van der Waals surface area (Å²) in [6, 6.07) is 8.76. The molecule has 5 nitrogen and oxygen atoms in total. The number of aryl methyl sites for hydroxylation is 1. The average Bonchev–Trinajstić information content (AvgIpc) is 2.94. The summed E-state index contributed by atoms with van der Waals surface area (Å²) >= 11 is 0. The molecule has 0 aliphatic carbocycles. The Hall–Kier alpha value is -1.88. The first-order valence-electron chi connectivity index (χ1n) is 7.62. The van der Waals surface area contributed by atoms with E-state index in [1.165, 1.54) is 0 Å². The van der Waals surface area contributed by atoms with Gasteiger partial charge in [0.1, 0.15) is 5.82 Å². The van der Waals surface area contributed by atoms with Crippen LogP contribution in [0, 0.1) is 6.92 Å². The summed E-state index contributed by atoms with van der Waals surface area (Å²) in [5.41, 5.74) is 2.15. The number of nitrogens with zero attached hydrogens (tertiary/aromatic N) is 2. The van der Waals surface area contributed by atoms with Crippen LogP contribution in [-0.2, 0) is 4.74 Å². The quantitative estimate of drug-likeness (QED) is 0.906. The Morgan fingerprint density at radius 1 is 1.43 bits per heavy atom. The van der Waals surface area contributed by atoms with Crippen molar-refractivity contribution in [3.05, 3.63) is 30.1 Å². The van der Waals surface area contributed by atoms with Gasteiger partial charge in [0.25, 0.3) is 0 Å². The number of H-pyrrole nitrogens is 1. The minimum atomic E-state index is 0.384. The summed E-state index contributed by atoms with van der Waals surface area (Å²) in [7, 11) is 0. The van der Waals surface area contributed by atoms with E-state index in [9.17, 15) is 0 Å². The van der Waals surface area contributed by atoms with Crippen molar-refractivity contribution in [2.75, 3.05) is 11.9 Å². The summed E-state index contributed by atoms with van der Waals surface area (Å²) in [5, 5.41) is 10.7. The fourth-order valence-corrected chi connectivity index (χ4v) is 2.75. The molecule has 0 amide bonds. The molecule has 2 unspecified atom stereocenters. The smallest absolute Gasteiger partial charge is 0.181 e. The monoisotopic (exact) mass is 286 g/mol. The fraction of sp³-hybridized carbons (Fsp3) is 0.500. The van der Waals surface area contributed by atoms with Crippen LogP contribution in [-0.4, -0.2) is 33.9 Å². The summed E-state index contributed by atoms with van der Waals surface area (Å²) in [6.45, 7) is 4.93. The highest BCUT2D eigenvalue weighted by Gasteiger charge is 2.21. The molecular weight excluding hydrogens is 264 g/mol. The van der Waals surface area contributed by atoms with Gasteiger partial charge < -0.3 is 10.1 Å². The van der Waals surface area contributed by atoms with Crippen molar-refractivity contribution in [3.8, 4) is 11.4 Å². The van der Waals surface area contributed by atoms with Gasteiger partial charge >= 0.3 is 0 Å². The number of anilines is 1. The molecule has 1 fully saturated rings. The highest BCUT2D eigenvalue weighted by Crippen LogP contribution is 2.23. The van der Waals surface area contributed by atoms with Crippen LogP contribution < -0.4 is 5.32 Å². The number of nitrogens with one attached hydrogen (secondary N) is 2. The Labute approximate surface area is 125 Å². The second kappa shape index (κ2) is 6.26. The van der Waals surface area contributed by atoms with Crippen LogP contribution in [0.15, 0.2) is 24.3 Å². The van der Waals surface area contributed by atoms with Gasteiger partial charge in [0.2, 0.25) is 0 Å². The van der Waals surface area contributed by atoms with E-state index in [-0.39, 0.29) is 0 Å². The number of aromatic amines is 1. The van der Waals surface area contributed by atoms with Crippen molar-refractivity contribution in [3.63, 3.8) is 0 Å². The fourth-order valence-electron chi connectivity index (χ4n) is 2.75. The molecule has 0 radical (unpaired) electrons. The van der Waals surface area contributed by atoms with E-state index in [0.717, 1.165) is 48.8 Å². The second-order valence-corrected chi connectivity index (χ2v) is 5.59. The number of hydrogen-bond acceptors (Lipinski definition) is 4. The molecule has 5 heteroatoms. The molecule has 1 aliphatic heterocycles.